The van der Waals surface area contributed by atoms with Crippen molar-refractivity contribution in [2.24, 2.45) is 0 Å². The van der Waals surface area contributed by atoms with Gasteiger partial charge < -0.3 is 26.6 Å². The maximum atomic E-state index is 3.44. The van der Waals surface area contributed by atoms with Gasteiger partial charge in [0.25, 0.3) is 0 Å². The second-order valence-electron chi connectivity index (χ2n) is 5.07. The lowest BCUT2D eigenvalue weighted by atomic mass is 10.4. The average Bonchev–Trinajstić information content (AvgIpc) is 3.20. The van der Waals surface area contributed by atoms with Gasteiger partial charge in [-0.1, -0.05) is 0 Å². The molecule has 2 aliphatic rings. The zero-order valence-corrected chi connectivity index (χ0v) is 12.6. The Kier molecular flexibility index (Phi) is 6.51. The van der Waals surface area contributed by atoms with E-state index in [2.05, 4.69) is 47.7 Å². The molecule has 0 radical (unpaired) electrons. The van der Waals surface area contributed by atoms with Crippen molar-refractivity contribution in [1.29, 1.82) is 0 Å². The van der Waals surface area contributed by atoms with Crippen LogP contribution in [0.25, 0.3) is 0 Å². The van der Waals surface area contributed by atoms with Gasteiger partial charge in [0.15, 0.2) is 0 Å². The van der Waals surface area contributed by atoms with Gasteiger partial charge in [-0.15, -0.1) is 0 Å². The highest BCUT2D eigenvalue weighted by molar-refractivity contribution is 5.05. The zero-order chi connectivity index (χ0) is 14.2. The van der Waals surface area contributed by atoms with Crippen LogP contribution in [0.3, 0.4) is 0 Å². The van der Waals surface area contributed by atoms with Gasteiger partial charge in [-0.3, -0.25) is 9.91 Å². The van der Waals surface area contributed by atoms with Gasteiger partial charge in [-0.25, -0.2) is 0 Å². The van der Waals surface area contributed by atoms with E-state index in [-0.39, 0.29) is 0 Å². The van der Waals surface area contributed by atoms with Crippen molar-refractivity contribution < 1.29 is 0 Å². The van der Waals surface area contributed by atoms with Crippen LogP contribution in [-0.4, -0.2) is 82.0 Å². The summed E-state index contributed by atoms with van der Waals surface area (Å²) in [6.45, 7) is 7.28. The Hall–Kier alpha value is -0.900. The number of nitrogens with one attached hydrogen (secondary N) is 5. The number of likely N-dealkylation sites (N-methyl/N-ethyl adjacent to an activating group) is 1. The molecule has 2 rings (SSSR count). The third kappa shape index (κ3) is 4.89. The first-order valence-corrected chi connectivity index (χ1v) is 7.23. The molecule has 2 aliphatic heterocycles. The second-order valence-corrected chi connectivity index (χ2v) is 5.07. The molecule has 0 aliphatic carbocycles. The van der Waals surface area contributed by atoms with Crippen molar-refractivity contribution in [1.82, 2.24) is 41.5 Å². The van der Waals surface area contributed by atoms with E-state index in [1.807, 2.05) is 14.1 Å². The first kappa shape index (κ1) is 15.5. The van der Waals surface area contributed by atoms with Crippen molar-refractivity contribution in [2.45, 2.75) is 0 Å². The van der Waals surface area contributed by atoms with Crippen molar-refractivity contribution in [2.75, 3.05) is 67.1 Å². The monoisotopic (exact) mass is 284 g/mol. The van der Waals surface area contributed by atoms with Gasteiger partial charge in [-0.05, 0) is 14.1 Å². The van der Waals surface area contributed by atoms with Crippen LogP contribution in [0, 0.1) is 0 Å². The van der Waals surface area contributed by atoms with Gasteiger partial charge >= 0.3 is 0 Å². The van der Waals surface area contributed by atoms with Crippen LogP contribution >= 0.6 is 0 Å². The Morgan fingerprint density at radius 3 is 2.65 bits per heavy atom. The van der Waals surface area contributed by atoms with Crippen LogP contribution in [0.2, 0.25) is 0 Å². The zero-order valence-electron chi connectivity index (χ0n) is 12.6. The highest BCUT2D eigenvalue weighted by Crippen LogP contribution is 2.20. The summed E-state index contributed by atoms with van der Waals surface area (Å²) >= 11 is 0. The molecule has 0 aromatic heterocycles. The van der Waals surface area contributed by atoms with Crippen LogP contribution < -0.4 is 26.6 Å². The number of rotatable bonds is 4. The summed E-state index contributed by atoms with van der Waals surface area (Å²) < 4.78 is 0. The predicted molar refractivity (Wildman–Crippen MR) is 80.1 cm³/mol. The molecule has 5 N–H and O–H groups in total. The highest BCUT2D eigenvalue weighted by Gasteiger charge is 2.32. The quantitative estimate of drug-likeness (QED) is 0.369. The van der Waals surface area contributed by atoms with Crippen molar-refractivity contribution in [3.8, 4) is 0 Å². The molecule has 2 heterocycles. The van der Waals surface area contributed by atoms with Crippen LogP contribution in [0.1, 0.15) is 0 Å². The SMILES string of the molecule is CNC/C1=C/NCN(CNC)CNCCNCN2CN12. The molecule has 0 bridgehead atoms. The van der Waals surface area contributed by atoms with Crippen molar-refractivity contribution in [3.63, 3.8) is 0 Å². The summed E-state index contributed by atoms with van der Waals surface area (Å²) in [6.07, 6.45) is 2.11. The summed E-state index contributed by atoms with van der Waals surface area (Å²) in [5.74, 6) is 0. The smallest absolute Gasteiger partial charge is 0.106 e. The molecular weight excluding hydrogens is 256 g/mol. The first-order chi connectivity index (χ1) is 9.85. The summed E-state index contributed by atoms with van der Waals surface area (Å²) in [6, 6.07) is 0. The minimum atomic E-state index is 0.822. The summed E-state index contributed by atoms with van der Waals surface area (Å²) in [7, 11) is 3.95. The molecule has 1 unspecified atom stereocenters. The minimum absolute atomic E-state index is 0.822. The Morgan fingerprint density at radius 2 is 1.90 bits per heavy atom. The maximum absolute atomic E-state index is 3.44. The van der Waals surface area contributed by atoms with Gasteiger partial charge in [0, 0.05) is 25.8 Å². The second kappa shape index (κ2) is 8.40. The van der Waals surface area contributed by atoms with E-state index in [1.54, 1.807) is 0 Å². The van der Waals surface area contributed by atoms with E-state index < -0.39 is 0 Å². The highest BCUT2D eigenvalue weighted by atomic mass is 15.8. The first-order valence-electron chi connectivity index (χ1n) is 7.23. The van der Waals surface area contributed by atoms with E-state index >= 15 is 0 Å². The fraction of sp³-hybridized carbons (Fsp3) is 0.833. The molecule has 116 valence electrons. The van der Waals surface area contributed by atoms with Gasteiger partial charge in [0.2, 0.25) is 0 Å². The number of hydrazine groups is 1. The normalized spacial score (nSPS) is 28.2. The molecule has 1 atom stereocenters. The van der Waals surface area contributed by atoms with Crippen LogP contribution in [0.4, 0.5) is 0 Å². The topological polar surface area (TPSA) is 69.4 Å². The lowest BCUT2D eigenvalue weighted by Gasteiger charge is -2.22. The average molecular weight is 284 g/mol. The molecule has 20 heavy (non-hydrogen) atoms. The molecule has 0 saturated carbocycles. The lowest BCUT2D eigenvalue weighted by molar-refractivity contribution is 0.233. The molecule has 8 nitrogen and oxygen atoms in total. The van der Waals surface area contributed by atoms with Crippen LogP contribution in [-0.2, 0) is 0 Å². The van der Waals surface area contributed by atoms with Crippen LogP contribution in [0.5, 0.6) is 0 Å². The van der Waals surface area contributed by atoms with Crippen LogP contribution in [0.15, 0.2) is 11.9 Å². The molecule has 0 aromatic rings. The fourth-order valence-electron chi connectivity index (χ4n) is 2.24. The molecule has 0 aromatic carbocycles. The minimum Gasteiger partial charge on any atom is -0.377 e. The predicted octanol–water partition coefficient (Wildman–Crippen LogP) is -2.33. The molecule has 0 amide bonds. The lowest BCUT2D eigenvalue weighted by Crippen LogP contribution is -2.44. The maximum Gasteiger partial charge on any atom is 0.106 e. The summed E-state index contributed by atoms with van der Waals surface area (Å²) in [5, 5.41) is 21.3. The van der Waals surface area contributed by atoms with E-state index in [0.717, 1.165) is 53.0 Å². The van der Waals surface area contributed by atoms with Crippen molar-refractivity contribution >= 4 is 0 Å². The fourth-order valence-corrected chi connectivity index (χ4v) is 2.24. The van der Waals surface area contributed by atoms with Gasteiger partial charge in [0.05, 0.1) is 32.4 Å². The van der Waals surface area contributed by atoms with Gasteiger partial charge in [-0.2, -0.15) is 5.01 Å². The van der Waals surface area contributed by atoms with E-state index in [0.29, 0.717) is 0 Å². The van der Waals surface area contributed by atoms with E-state index in [9.17, 15) is 0 Å². The largest absolute Gasteiger partial charge is 0.377 e. The number of nitrogens with zero attached hydrogens (tertiary/aromatic N) is 3. The Morgan fingerprint density at radius 1 is 1.10 bits per heavy atom. The van der Waals surface area contributed by atoms with Gasteiger partial charge in [0.1, 0.15) is 6.67 Å². The summed E-state index contributed by atoms with van der Waals surface area (Å²) in [5.41, 5.74) is 1.27. The molecular formula is C12H28N8. The number of hydrogen-bond acceptors (Lipinski definition) is 8. The Labute approximate surface area is 121 Å². The molecule has 1 fully saturated rings. The third-order valence-corrected chi connectivity index (χ3v) is 3.32. The molecule has 0 spiro atoms. The Bertz CT molecular complexity index is 308. The third-order valence-electron chi connectivity index (χ3n) is 3.32. The standard InChI is InChI=1S/C12H28N8/c1-13-5-12-6-17-9-18(7-14-2)8-15-3-4-16-10-19-11-20(12)19/h6,13-17H,3-5,7-11H2,1-2H3/b12-6-. The van der Waals surface area contributed by atoms with E-state index in [4.69, 9.17) is 0 Å². The summed E-state index contributed by atoms with van der Waals surface area (Å²) in [4.78, 5) is 2.28. The van der Waals surface area contributed by atoms with E-state index in [1.165, 1.54) is 5.70 Å². The van der Waals surface area contributed by atoms with Crippen molar-refractivity contribution in [3.05, 3.63) is 11.9 Å². The molecule has 1 saturated heterocycles. The number of hydrogen-bond donors (Lipinski definition) is 5. The molecule has 8 heteroatoms. The Balaban J connectivity index is 1.91. The number of fused-ring (bicyclic) bond motifs is 1.